The Morgan fingerprint density at radius 2 is 1.62 bits per heavy atom. The van der Waals surface area contributed by atoms with Crippen molar-refractivity contribution in [2.75, 3.05) is 0 Å². The Labute approximate surface area is 170 Å². The molecule has 2 heterocycles. The van der Waals surface area contributed by atoms with Crippen LogP contribution in [0.15, 0.2) is 63.1 Å². The van der Waals surface area contributed by atoms with Crippen LogP contribution in [0.2, 0.25) is 5.02 Å². The molecule has 2 aromatic carbocycles. The minimum Gasteiger partial charge on any atom is -0.293 e. The molecule has 0 bridgehead atoms. The summed E-state index contributed by atoms with van der Waals surface area (Å²) >= 11 is 6.23. The van der Waals surface area contributed by atoms with Crippen molar-refractivity contribution in [2.24, 2.45) is 25.0 Å². The summed E-state index contributed by atoms with van der Waals surface area (Å²) in [7, 11) is 3.02. The van der Waals surface area contributed by atoms with Crippen molar-refractivity contribution < 1.29 is 4.79 Å². The van der Waals surface area contributed by atoms with Crippen molar-refractivity contribution in [1.82, 2.24) is 9.13 Å². The lowest BCUT2D eigenvalue weighted by atomic mass is 9.76. The van der Waals surface area contributed by atoms with Gasteiger partial charge in [0.1, 0.15) is 5.82 Å². The molecule has 1 aromatic heterocycles. The number of nitrogens with zero attached hydrogens (tertiary/aromatic N) is 3. The zero-order valence-corrected chi connectivity index (χ0v) is 16.5. The zero-order valence-electron chi connectivity index (χ0n) is 15.7. The number of hydrogen-bond acceptors (Lipinski definition) is 4. The first kappa shape index (κ1) is 17.8. The van der Waals surface area contributed by atoms with Gasteiger partial charge in [0.2, 0.25) is 0 Å². The fraction of sp³-hybridized carbons (Fsp3) is 0.182. The van der Waals surface area contributed by atoms with Gasteiger partial charge in [0.25, 0.3) is 5.56 Å². The van der Waals surface area contributed by atoms with Crippen molar-refractivity contribution in [3.05, 3.63) is 96.6 Å². The van der Waals surface area contributed by atoms with Crippen LogP contribution in [-0.4, -0.2) is 20.6 Å². The van der Waals surface area contributed by atoms with Gasteiger partial charge in [-0.3, -0.25) is 18.7 Å². The Morgan fingerprint density at radius 3 is 2.34 bits per heavy atom. The number of ketones is 1. The maximum absolute atomic E-state index is 13.4. The Kier molecular flexibility index (Phi) is 3.76. The van der Waals surface area contributed by atoms with Crippen LogP contribution in [-0.2, 0) is 14.1 Å². The smallest absolute Gasteiger partial charge is 0.293 e. The van der Waals surface area contributed by atoms with Gasteiger partial charge < -0.3 is 0 Å². The molecule has 2 atom stereocenters. The number of hydrogen-bond donors (Lipinski definition) is 0. The van der Waals surface area contributed by atoms with Gasteiger partial charge in [-0.15, -0.1) is 0 Å². The van der Waals surface area contributed by atoms with E-state index < -0.39 is 23.1 Å². The lowest BCUT2D eigenvalue weighted by Gasteiger charge is -2.30. The van der Waals surface area contributed by atoms with Crippen LogP contribution in [0.25, 0.3) is 0 Å². The summed E-state index contributed by atoms with van der Waals surface area (Å²) < 4.78 is 2.42. The normalized spacial score (nSPS) is 19.4. The Bertz CT molecular complexity index is 1370. The van der Waals surface area contributed by atoms with Gasteiger partial charge in [-0.2, -0.15) is 0 Å². The molecular formula is C22H16ClN3O3. The van der Waals surface area contributed by atoms with E-state index in [1.807, 2.05) is 24.3 Å². The maximum Gasteiger partial charge on any atom is 0.332 e. The van der Waals surface area contributed by atoms with Gasteiger partial charge in [0.05, 0.1) is 17.2 Å². The van der Waals surface area contributed by atoms with Gasteiger partial charge in [0.15, 0.2) is 5.78 Å². The number of halogens is 1. The lowest BCUT2D eigenvalue weighted by Crippen LogP contribution is -2.43. The van der Waals surface area contributed by atoms with E-state index in [1.165, 1.54) is 11.6 Å². The van der Waals surface area contributed by atoms with Gasteiger partial charge in [-0.25, -0.2) is 9.79 Å². The van der Waals surface area contributed by atoms with Gasteiger partial charge in [-0.05, 0) is 17.7 Å². The lowest BCUT2D eigenvalue weighted by molar-refractivity contribution is 0.0953. The first-order valence-electron chi connectivity index (χ1n) is 9.17. The largest absolute Gasteiger partial charge is 0.332 e. The molecule has 7 heteroatoms. The molecule has 0 radical (unpaired) electrons. The average molecular weight is 406 g/mol. The highest BCUT2D eigenvalue weighted by Crippen LogP contribution is 2.46. The van der Waals surface area contributed by atoms with E-state index in [0.717, 1.165) is 15.7 Å². The van der Waals surface area contributed by atoms with Crippen molar-refractivity contribution in [3.63, 3.8) is 0 Å². The monoisotopic (exact) mass is 405 g/mol. The SMILES string of the molecule is Cn1c2c(c(=O)n(C)c1=O)[C@@H](c1cccc(Cl)c1)[C@@H]1C(=O)c3ccccc3C1=N2. The van der Waals surface area contributed by atoms with Gasteiger partial charge in [0, 0.05) is 36.2 Å². The van der Waals surface area contributed by atoms with E-state index in [4.69, 9.17) is 11.6 Å². The average Bonchev–Trinajstić information content (AvgIpc) is 3.01. The third kappa shape index (κ3) is 2.36. The van der Waals surface area contributed by atoms with Crippen LogP contribution in [0.4, 0.5) is 5.82 Å². The van der Waals surface area contributed by atoms with Crippen molar-refractivity contribution >= 4 is 28.9 Å². The summed E-state index contributed by atoms with van der Waals surface area (Å²) in [6.07, 6.45) is 0. The van der Waals surface area contributed by atoms with E-state index >= 15 is 0 Å². The molecule has 3 aromatic rings. The number of rotatable bonds is 1. The summed E-state index contributed by atoms with van der Waals surface area (Å²) in [5.41, 5.74) is 2.09. The van der Waals surface area contributed by atoms with Crippen molar-refractivity contribution in [3.8, 4) is 0 Å². The number of Topliss-reactive ketones (excluding diaryl/α,β-unsaturated/α-hetero) is 1. The summed E-state index contributed by atoms with van der Waals surface area (Å²) in [4.78, 5) is 43.7. The number of carbonyl (C=O) groups is 1. The molecule has 0 unspecified atom stereocenters. The number of carbonyl (C=O) groups excluding carboxylic acids is 1. The molecule has 6 nitrogen and oxygen atoms in total. The highest BCUT2D eigenvalue weighted by atomic mass is 35.5. The highest BCUT2D eigenvalue weighted by molar-refractivity contribution is 6.31. The quantitative estimate of drug-likeness (QED) is 0.625. The molecule has 0 N–H and O–H groups in total. The van der Waals surface area contributed by atoms with Gasteiger partial charge >= 0.3 is 5.69 Å². The molecule has 0 saturated heterocycles. The number of fused-ring (bicyclic) bond motifs is 4. The fourth-order valence-corrected chi connectivity index (χ4v) is 4.63. The van der Waals surface area contributed by atoms with E-state index in [0.29, 0.717) is 27.7 Å². The van der Waals surface area contributed by atoms with Crippen molar-refractivity contribution in [1.29, 1.82) is 0 Å². The first-order chi connectivity index (χ1) is 13.9. The van der Waals surface area contributed by atoms with Crippen LogP contribution < -0.4 is 11.2 Å². The molecule has 144 valence electrons. The molecule has 0 amide bonds. The predicted octanol–water partition coefficient (Wildman–Crippen LogP) is 2.82. The van der Waals surface area contributed by atoms with E-state index in [2.05, 4.69) is 4.99 Å². The summed E-state index contributed by atoms with van der Waals surface area (Å²) in [6, 6.07) is 14.4. The van der Waals surface area contributed by atoms with E-state index in [1.54, 1.807) is 31.3 Å². The third-order valence-corrected chi connectivity index (χ3v) is 6.03. The standard InChI is InChI=1S/C22H16ClN3O3/c1-25-20-17(21(28)26(2)22(25)29)15(11-6-5-7-12(23)10-11)16-18(24-20)13-8-3-4-9-14(13)19(16)27/h3-10,15-16H,1-2H3/t15-,16-/m0/s1. The molecule has 5 rings (SSSR count). The molecule has 0 fully saturated rings. The van der Waals surface area contributed by atoms with Crippen LogP contribution in [0, 0.1) is 5.92 Å². The Hall–Kier alpha value is -3.25. The second-order valence-electron chi connectivity index (χ2n) is 7.36. The minimum absolute atomic E-state index is 0.0779. The maximum atomic E-state index is 13.4. The molecular weight excluding hydrogens is 390 g/mol. The molecule has 1 aliphatic heterocycles. The van der Waals surface area contributed by atoms with E-state index in [9.17, 15) is 14.4 Å². The molecule has 1 aliphatic carbocycles. The van der Waals surface area contributed by atoms with E-state index in [-0.39, 0.29) is 5.78 Å². The number of benzene rings is 2. The highest BCUT2D eigenvalue weighted by Gasteiger charge is 2.47. The zero-order chi connectivity index (χ0) is 20.4. The predicted molar refractivity (Wildman–Crippen MR) is 111 cm³/mol. The molecule has 2 aliphatic rings. The van der Waals surface area contributed by atoms with Crippen LogP contribution >= 0.6 is 11.6 Å². The first-order valence-corrected chi connectivity index (χ1v) is 9.55. The summed E-state index contributed by atoms with van der Waals surface area (Å²) in [5.74, 6) is -1.00. The number of aliphatic imine (C=N–C) groups is 1. The third-order valence-electron chi connectivity index (χ3n) is 5.79. The van der Waals surface area contributed by atoms with Crippen molar-refractivity contribution in [2.45, 2.75) is 5.92 Å². The van der Waals surface area contributed by atoms with Gasteiger partial charge in [-0.1, -0.05) is 48.0 Å². The van der Waals surface area contributed by atoms with Crippen LogP contribution in [0.5, 0.6) is 0 Å². The fourth-order valence-electron chi connectivity index (χ4n) is 4.43. The second-order valence-corrected chi connectivity index (χ2v) is 7.80. The molecule has 29 heavy (non-hydrogen) atoms. The molecule has 0 spiro atoms. The van der Waals surface area contributed by atoms with Crippen LogP contribution in [0.1, 0.15) is 33.0 Å². The molecule has 0 saturated carbocycles. The number of aromatic nitrogens is 2. The topological polar surface area (TPSA) is 73.4 Å². The Morgan fingerprint density at radius 1 is 0.897 bits per heavy atom. The minimum atomic E-state index is -0.636. The Balaban J connectivity index is 1.92. The summed E-state index contributed by atoms with van der Waals surface area (Å²) in [6.45, 7) is 0. The van der Waals surface area contributed by atoms with Crippen LogP contribution in [0.3, 0.4) is 0 Å². The summed E-state index contributed by atoms with van der Waals surface area (Å²) in [5, 5.41) is 0.512. The second kappa shape index (κ2) is 6.12.